The van der Waals surface area contributed by atoms with E-state index in [4.69, 9.17) is 15.9 Å². The van der Waals surface area contributed by atoms with Crippen molar-refractivity contribution in [2.24, 2.45) is 0 Å². The standard InChI is InChI=1S/C24H33N4O6.K/c1-8-16-13-17(19(29)25-9-11-27-21(31)33-23(2,3)4)15-18(14-16)20(30)26-10-12-28-22(32)34-24(5,6)7;/h13-15H,9-12H2,2-7H3,(H,25,29)(H,26,30)(H,27,31)(H,28,32);/q-1;+1. The molecule has 0 aromatic heterocycles. The quantitative estimate of drug-likeness (QED) is 0.155. The first-order valence-electron chi connectivity index (χ1n) is 10.8. The van der Waals surface area contributed by atoms with E-state index >= 15 is 0 Å². The van der Waals surface area contributed by atoms with Gasteiger partial charge < -0.3 is 37.2 Å². The molecule has 1 aromatic rings. The molecule has 0 radical (unpaired) electrons. The Bertz CT molecular complexity index is 879. The zero-order valence-electron chi connectivity index (χ0n) is 21.5. The van der Waals surface area contributed by atoms with Crippen LogP contribution in [0.4, 0.5) is 9.59 Å². The minimum Gasteiger partial charge on any atom is -0.444 e. The summed E-state index contributed by atoms with van der Waals surface area (Å²) in [6.07, 6.45) is 6.17. The number of rotatable bonds is 8. The molecule has 11 heteroatoms. The van der Waals surface area contributed by atoms with E-state index in [-0.39, 0.29) is 94.3 Å². The molecule has 0 bridgehead atoms. The van der Waals surface area contributed by atoms with Crippen molar-refractivity contribution in [1.82, 2.24) is 21.3 Å². The molecular formula is C24H33KN4O6. The first-order chi connectivity index (χ1) is 15.7. The molecule has 0 atom stereocenters. The number of hydrogen-bond acceptors (Lipinski definition) is 6. The van der Waals surface area contributed by atoms with Crippen LogP contribution >= 0.6 is 0 Å². The minimum absolute atomic E-state index is 0. The fraction of sp³-hybridized carbons (Fsp3) is 0.500. The van der Waals surface area contributed by atoms with Crippen molar-refractivity contribution >= 4 is 24.0 Å². The van der Waals surface area contributed by atoms with Crippen molar-refractivity contribution in [2.45, 2.75) is 52.7 Å². The minimum atomic E-state index is -0.625. The topological polar surface area (TPSA) is 135 Å². The largest absolute Gasteiger partial charge is 1.00 e. The summed E-state index contributed by atoms with van der Waals surface area (Å²) < 4.78 is 10.2. The number of carbonyl (C=O) groups is 4. The van der Waals surface area contributed by atoms with Crippen molar-refractivity contribution in [2.75, 3.05) is 26.2 Å². The molecule has 4 amide bonds. The van der Waals surface area contributed by atoms with E-state index in [9.17, 15) is 19.2 Å². The molecule has 0 aliphatic rings. The van der Waals surface area contributed by atoms with E-state index in [1.54, 1.807) is 41.5 Å². The van der Waals surface area contributed by atoms with Crippen molar-refractivity contribution in [3.63, 3.8) is 0 Å². The van der Waals surface area contributed by atoms with Crippen molar-refractivity contribution in [3.8, 4) is 5.92 Å². The Balaban J connectivity index is 0.0000116. The number of benzene rings is 1. The Kier molecular flexibility index (Phi) is 14.2. The normalized spacial score (nSPS) is 10.7. The van der Waals surface area contributed by atoms with Crippen molar-refractivity contribution < 1.29 is 80.0 Å². The average Bonchev–Trinajstić information content (AvgIpc) is 2.71. The van der Waals surface area contributed by atoms with Crippen LogP contribution in [0.25, 0.3) is 0 Å². The molecule has 35 heavy (non-hydrogen) atoms. The number of hydrogen-bond donors (Lipinski definition) is 4. The van der Waals surface area contributed by atoms with Gasteiger partial charge in [-0.25, -0.2) is 9.59 Å². The third kappa shape index (κ3) is 14.8. The second-order valence-electron chi connectivity index (χ2n) is 9.29. The zero-order chi connectivity index (χ0) is 25.9. The summed E-state index contributed by atoms with van der Waals surface area (Å²) >= 11 is 0. The van der Waals surface area contributed by atoms with Gasteiger partial charge in [0.05, 0.1) is 0 Å². The Labute approximate surface area is 249 Å². The predicted octanol–water partition coefficient (Wildman–Crippen LogP) is -0.863. The molecule has 0 spiro atoms. The van der Waals surface area contributed by atoms with Gasteiger partial charge in [-0.05, 0) is 47.6 Å². The van der Waals surface area contributed by atoms with Gasteiger partial charge in [-0.2, -0.15) is 0 Å². The molecule has 10 nitrogen and oxygen atoms in total. The van der Waals surface area contributed by atoms with Crippen LogP contribution in [0.2, 0.25) is 0 Å². The van der Waals surface area contributed by atoms with Gasteiger partial charge in [-0.3, -0.25) is 15.5 Å². The van der Waals surface area contributed by atoms with E-state index in [0.29, 0.717) is 0 Å². The maximum Gasteiger partial charge on any atom is 1.00 e. The maximum absolute atomic E-state index is 12.5. The van der Waals surface area contributed by atoms with E-state index in [2.05, 4.69) is 27.2 Å². The second kappa shape index (κ2) is 15.1. The molecule has 0 saturated heterocycles. The third-order valence-corrected chi connectivity index (χ3v) is 3.76. The summed E-state index contributed by atoms with van der Waals surface area (Å²) in [4.78, 5) is 48.2. The fourth-order valence-electron chi connectivity index (χ4n) is 2.48. The van der Waals surface area contributed by atoms with Crippen LogP contribution in [0.1, 0.15) is 67.8 Å². The summed E-state index contributed by atoms with van der Waals surface area (Å²) in [5, 5.41) is 10.3. The molecule has 4 N–H and O–H groups in total. The van der Waals surface area contributed by atoms with Crippen molar-refractivity contribution in [1.29, 1.82) is 0 Å². The number of nitrogens with one attached hydrogen (secondary N) is 4. The van der Waals surface area contributed by atoms with Gasteiger partial charge in [0.15, 0.2) is 0 Å². The summed E-state index contributed by atoms with van der Waals surface area (Å²) in [5.41, 5.74) is -0.686. The Hall–Kier alpha value is -2.10. The molecule has 0 aliphatic carbocycles. The van der Waals surface area contributed by atoms with Gasteiger partial charge in [0.1, 0.15) is 11.2 Å². The van der Waals surface area contributed by atoms with E-state index in [1.165, 1.54) is 18.2 Å². The molecule has 1 aromatic carbocycles. The molecule has 0 fully saturated rings. The van der Waals surface area contributed by atoms with E-state index in [0.717, 1.165) is 0 Å². The smallest absolute Gasteiger partial charge is 0.444 e. The first-order valence-corrected chi connectivity index (χ1v) is 10.8. The number of ether oxygens (including phenoxy) is 2. The van der Waals surface area contributed by atoms with Crippen LogP contribution in [0, 0.1) is 12.3 Å². The van der Waals surface area contributed by atoms with Crippen LogP contribution in [0.15, 0.2) is 18.2 Å². The number of alkyl carbamates (subject to hydrolysis) is 2. The summed E-state index contributed by atoms with van der Waals surface area (Å²) in [5.74, 6) is 1.20. The van der Waals surface area contributed by atoms with Gasteiger partial charge in [0.25, 0.3) is 0 Å². The first kappa shape index (κ1) is 32.9. The average molecular weight is 513 g/mol. The van der Waals surface area contributed by atoms with E-state index in [1.807, 2.05) is 0 Å². The molecule has 0 unspecified atom stereocenters. The fourth-order valence-corrected chi connectivity index (χ4v) is 2.48. The maximum atomic E-state index is 12.5. The Morgan fingerprint density at radius 2 is 1.06 bits per heavy atom. The van der Waals surface area contributed by atoms with Gasteiger partial charge in [0.2, 0.25) is 11.8 Å². The van der Waals surface area contributed by atoms with Crippen LogP contribution in [-0.2, 0) is 9.47 Å². The van der Waals surface area contributed by atoms with Gasteiger partial charge in [-0.15, -0.1) is 17.7 Å². The van der Waals surface area contributed by atoms with Crippen LogP contribution < -0.4 is 72.7 Å². The van der Waals surface area contributed by atoms with Crippen molar-refractivity contribution in [3.05, 3.63) is 41.3 Å². The zero-order valence-corrected chi connectivity index (χ0v) is 24.6. The molecular weight excluding hydrogens is 479 g/mol. The molecule has 0 saturated carbocycles. The predicted molar refractivity (Wildman–Crippen MR) is 126 cm³/mol. The Morgan fingerprint density at radius 1 is 0.714 bits per heavy atom. The van der Waals surface area contributed by atoms with Gasteiger partial charge in [0, 0.05) is 37.3 Å². The van der Waals surface area contributed by atoms with E-state index < -0.39 is 35.2 Å². The third-order valence-electron chi connectivity index (χ3n) is 3.76. The number of amides is 4. The van der Waals surface area contributed by atoms with Crippen LogP contribution in [0.3, 0.4) is 0 Å². The summed E-state index contributed by atoms with van der Waals surface area (Å²) in [6.45, 7) is 11.0. The summed E-state index contributed by atoms with van der Waals surface area (Å²) in [7, 11) is 0. The van der Waals surface area contributed by atoms with Gasteiger partial charge in [-0.1, -0.05) is 0 Å². The monoisotopic (exact) mass is 512 g/mol. The Morgan fingerprint density at radius 3 is 1.37 bits per heavy atom. The molecule has 186 valence electrons. The molecule has 0 aliphatic heterocycles. The van der Waals surface area contributed by atoms with Gasteiger partial charge >= 0.3 is 63.6 Å². The summed E-state index contributed by atoms with van der Waals surface area (Å²) in [6, 6.07) is 4.23. The molecule has 1 rings (SSSR count). The SMILES string of the molecule is [C-]#Cc1cc(C(=O)NCCNC(=O)OC(C)(C)C)cc(C(=O)NCCNC(=O)OC(C)(C)C)c1.[K+]. The van der Waals surface area contributed by atoms with Crippen LogP contribution in [0.5, 0.6) is 0 Å². The second-order valence-corrected chi connectivity index (χ2v) is 9.29. The van der Waals surface area contributed by atoms with Crippen LogP contribution in [-0.4, -0.2) is 61.4 Å². The number of carbonyl (C=O) groups excluding carboxylic acids is 4. The molecule has 0 heterocycles.